The van der Waals surface area contributed by atoms with E-state index < -0.39 is 0 Å². The Morgan fingerprint density at radius 2 is 2.06 bits per heavy atom. The Morgan fingerprint density at radius 1 is 1.29 bits per heavy atom. The van der Waals surface area contributed by atoms with Gasteiger partial charge in [-0.1, -0.05) is 18.2 Å². The predicted octanol–water partition coefficient (Wildman–Crippen LogP) is 3.24. The molecule has 8 heteroatoms. The fourth-order valence-electron chi connectivity index (χ4n) is 4.15. The molecular weight excluding hydrogens is 415 g/mol. The van der Waals surface area contributed by atoms with Crippen LogP contribution < -0.4 is 5.32 Å². The number of rotatable bonds is 6. The van der Waals surface area contributed by atoms with Gasteiger partial charge >= 0.3 is 0 Å². The highest BCUT2D eigenvalue weighted by Gasteiger charge is 2.32. The Balaban J connectivity index is 1.45. The van der Waals surface area contributed by atoms with Crippen molar-refractivity contribution >= 4 is 33.4 Å². The van der Waals surface area contributed by atoms with E-state index in [0.29, 0.717) is 31.1 Å². The first kappa shape index (κ1) is 21.4. The molecule has 0 saturated carbocycles. The molecule has 3 heterocycles. The minimum absolute atomic E-state index is 0.0614. The van der Waals surface area contributed by atoms with Gasteiger partial charge in [-0.2, -0.15) is 0 Å². The molecule has 2 amide bonds. The molecule has 1 saturated heterocycles. The number of pyridine rings is 1. The molecule has 1 aromatic carbocycles. The standard InChI is InChI=1S/C23H25FN4O2S/c1-25-22(30)21-20(18-4-3-10-26-23(18)31-21)16-9-11-28(13-16)19(29)14-27(2)12-15-5-7-17(24)8-6-15/h3-8,10,16H,9,11-14H2,1-2H3,(H,25,30)/t16-/m0/s1. The molecule has 1 atom stereocenters. The fourth-order valence-corrected chi connectivity index (χ4v) is 5.33. The maximum absolute atomic E-state index is 13.1. The highest BCUT2D eigenvalue weighted by molar-refractivity contribution is 7.20. The van der Waals surface area contributed by atoms with E-state index in [1.54, 1.807) is 25.4 Å². The van der Waals surface area contributed by atoms with Gasteiger partial charge in [-0.25, -0.2) is 9.37 Å². The maximum atomic E-state index is 13.1. The summed E-state index contributed by atoms with van der Waals surface area (Å²) in [6.45, 7) is 2.12. The van der Waals surface area contributed by atoms with Gasteiger partial charge < -0.3 is 10.2 Å². The zero-order valence-electron chi connectivity index (χ0n) is 17.6. The van der Waals surface area contributed by atoms with Crippen LogP contribution in [-0.2, 0) is 11.3 Å². The van der Waals surface area contributed by atoms with E-state index in [4.69, 9.17) is 0 Å². The van der Waals surface area contributed by atoms with E-state index in [-0.39, 0.29) is 23.5 Å². The SMILES string of the molecule is CNC(=O)c1sc2ncccc2c1[C@H]1CCN(C(=O)CN(C)Cc2ccc(F)cc2)C1. The summed E-state index contributed by atoms with van der Waals surface area (Å²) in [5.74, 6) is -0.206. The molecule has 2 aromatic heterocycles. The number of likely N-dealkylation sites (N-methyl/N-ethyl adjacent to an activating group) is 1. The zero-order valence-corrected chi connectivity index (χ0v) is 18.4. The third kappa shape index (κ3) is 4.60. The first-order chi connectivity index (χ1) is 15.0. The average Bonchev–Trinajstić information content (AvgIpc) is 3.39. The number of halogens is 1. The van der Waals surface area contributed by atoms with Crippen LogP contribution in [0.3, 0.4) is 0 Å². The Morgan fingerprint density at radius 3 is 2.81 bits per heavy atom. The van der Waals surface area contributed by atoms with E-state index in [1.165, 1.54) is 23.5 Å². The van der Waals surface area contributed by atoms with Crippen LogP contribution in [0.5, 0.6) is 0 Å². The van der Waals surface area contributed by atoms with Crippen molar-refractivity contribution in [2.45, 2.75) is 18.9 Å². The van der Waals surface area contributed by atoms with Gasteiger partial charge in [0.1, 0.15) is 10.6 Å². The van der Waals surface area contributed by atoms with Gasteiger partial charge in [0.25, 0.3) is 5.91 Å². The highest BCUT2D eigenvalue weighted by atomic mass is 32.1. The predicted molar refractivity (Wildman–Crippen MR) is 120 cm³/mol. The lowest BCUT2D eigenvalue weighted by Gasteiger charge is -2.22. The van der Waals surface area contributed by atoms with Crippen molar-refractivity contribution in [1.29, 1.82) is 0 Å². The maximum Gasteiger partial charge on any atom is 0.261 e. The number of hydrogen-bond acceptors (Lipinski definition) is 5. The summed E-state index contributed by atoms with van der Waals surface area (Å²) in [6, 6.07) is 10.2. The van der Waals surface area contributed by atoms with Gasteiger partial charge in [-0.3, -0.25) is 14.5 Å². The van der Waals surface area contributed by atoms with Crippen LogP contribution in [-0.4, -0.2) is 60.3 Å². The van der Waals surface area contributed by atoms with E-state index in [9.17, 15) is 14.0 Å². The number of carbonyl (C=O) groups is 2. The second kappa shape index (κ2) is 9.11. The number of aromatic nitrogens is 1. The van der Waals surface area contributed by atoms with Crippen molar-refractivity contribution in [2.75, 3.05) is 33.7 Å². The van der Waals surface area contributed by atoms with Crippen molar-refractivity contribution in [2.24, 2.45) is 0 Å². The van der Waals surface area contributed by atoms with E-state index in [1.807, 2.05) is 29.0 Å². The normalized spacial score (nSPS) is 16.3. The van der Waals surface area contributed by atoms with Crippen LogP contribution in [0.15, 0.2) is 42.6 Å². The van der Waals surface area contributed by atoms with Crippen molar-refractivity contribution in [3.05, 3.63) is 64.4 Å². The third-order valence-electron chi connectivity index (χ3n) is 5.66. The summed E-state index contributed by atoms with van der Waals surface area (Å²) >= 11 is 1.40. The lowest BCUT2D eigenvalue weighted by molar-refractivity contribution is -0.131. The molecule has 1 aliphatic heterocycles. The van der Waals surface area contributed by atoms with Gasteiger partial charge in [-0.15, -0.1) is 11.3 Å². The number of amides is 2. The van der Waals surface area contributed by atoms with Crippen molar-refractivity contribution in [3.8, 4) is 0 Å². The number of benzene rings is 1. The summed E-state index contributed by atoms with van der Waals surface area (Å²) in [4.78, 5) is 35.1. The summed E-state index contributed by atoms with van der Waals surface area (Å²) in [5, 5.41) is 3.72. The van der Waals surface area contributed by atoms with Crippen molar-refractivity contribution < 1.29 is 14.0 Å². The Labute approximate surface area is 184 Å². The molecular formula is C23H25FN4O2S. The number of thiophene rings is 1. The van der Waals surface area contributed by atoms with Crippen LogP contribution in [0.25, 0.3) is 10.2 Å². The summed E-state index contributed by atoms with van der Waals surface area (Å²) in [7, 11) is 3.52. The van der Waals surface area contributed by atoms with E-state index >= 15 is 0 Å². The molecule has 0 aliphatic carbocycles. The van der Waals surface area contributed by atoms with Crippen LogP contribution in [0.1, 0.15) is 33.1 Å². The van der Waals surface area contributed by atoms with Gasteiger partial charge in [-0.05, 0) is 42.8 Å². The van der Waals surface area contributed by atoms with Gasteiger partial charge in [0, 0.05) is 44.2 Å². The van der Waals surface area contributed by atoms with Crippen LogP contribution >= 0.6 is 11.3 Å². The summed E-state index contributed by atoms with van der Waals surface area (Å²) in [6.07, 6.45) is 2.55. The second-order valence-electron chi connectivity index (χ2n) is 7.90. The zero-order chi connectivity index (χ0) is 22.0. The van der Waals surface area contributed by atoms with Crippen LogP contribution in [0.4, 0.5) is 4.39 Å². The Bertz CT molecular complexity index is 1100. The number of fused-ring (bicyclic) bond motifs is 1. The largest absolute Gasteiger partial charge is 0.354 e. The Hall–Kier alpha value is -2.84. The molecule has 1 aliphatic rings. The molecule has 1 fully saturated rings. The summed E-state index contributed by atoms with van der Waals surface area (Å²) in [5.41, 5.74) is 1.96. The minimum atomic E-state index is -0.266. The minimum Gasteiger partial charge on any atom is -0.354 e. The lowest BCUT2D eigenvalue weighted by Crippen LogP contribution is -2.37. The molecule has 31 heavy (non-hydrogen) atoms. The number of carbonyl (C=O) groups excluding carboxylic acids is 2. The van der Waals surface area contributed by atoms with E-state index in [0.717, 1.165) is 27.8 Å². The molecule has 0 radical (unpaired) electrons. The smallest absolute Gasteiger partial charge is 0.261 e. The number of hydrogen-bond donors (Lipinski definition) is 1. The first-order valence-corrected chi connectivity index (χ1v) is 11.1. The second-order valence-corrected chi connectivity index (χ2v) is 8.90. The Kier molecular flexibility index (Phi) is 6.29. The number of nitrogens with zero attached hydrogens (tertiary/aromatic N) is 3. The molecule has 1 N–H and O–H groups in total. The molecule has 3 aromatic rings. The summed E-state index contributed by atoms with van der Waals surface area (Å²) < 4.78 is 13.1. The van der Waals surface area contributed by atoms with Crippen LogP contribution in [0, 0.1) is 5.82 Å². The molecule has 6 nitrogen and oxygen atoms in total. The lowest BCUT2D eigenvalue weighted by atomic mass is 9.95. The molecule has 0 spiro atoms. The molecule has 0 unspecified atom stereocenters. The molecule has 162 valence electrons. The number of nitrogens with one attached hydrogen (secondary N) is 1. The first-order valence-electron chi connectivity index (χ1n) is 10.3. The van der Waals surface area contributed by atoms with Gasteiger partial charge in [0.2, 0.25) is 5.91 Å². The topological polar surface area (TPSA) is 65.5 Å². The van der Waals surface area contributed by atoms with Gasteiger partial charge in [0.05, 0.1) is 11.4 Å². The van der Waals surface area contributed by atoms with E-state index in [2.05, 4.69) is 10.3 Å². The third-order valence-corrected chi connectivity index (χ3v) is 6.79. The highest BCUT2D eigenvalue weighted by Crippen LogP contribution is 2.39. The van der Waals surface area contributed by atoms with Crippen molar-refractivity contribution in [1.82, 2.24) is 20.1 Å². The molecule has 0 bridgehead atoms. The average molecular weight is 441 g/mol. The number of likely N-dealkylation sites (tertiary alicyclic amines) is 1. The molecule has 4 rings (SSSR count). The monoisotopic (exact) mass is 440 g/mol. The van der Waals surface area contributed by atoms with Crippen molar-refractivity contribution in [3.63, 3.8) is 0 Å². The quantitative estimate of drug-likeness (QED) is 0.639. The fraction of sp³-hybridized carbons (Fsp3) is 0.348. The van der Waals surface area contributed by atoms with Gasteiger partial charge in [0.15, 0.2) is 0 Å². The van der Waals surface area contributed by atoms with Crippen LogP contribution in [0.2, 0.25) is 0 Å².